The van der Waals surface area contributed by atoms with Crippen LogP contribution in [-0.4, -0.2) is 25.4 Å². The van der Waals surface area contributed by atoms with Gasteiger partial charge >= 0.3 is 0 Å². The summed E-state index contributed by atoms with van der Waals surface area (Å²) in [6.07, 6.45) is 9.71. The zero-order valence-electron chi connectivity index (χ0n) is 13.7. The Morgan fingerprint density at radius 1 is 1.08 bits per heavy atom. The standard InChI is InChI=1S/C19H16N6/c1-24-6-4-18(23-24)22-17-9-16(12-25-7-5-21-19(17)25)13-2-3-14-10-20-11-15(14)8-13/h2-10,12H,11H2,1H3,(H,22,23). The summed E-state index contributed by atoms with van der Waals surface area (Å²) >= 11 is 0. The van der Waals surface area contributed by atoms with Gasteiger partial charge in [-0.1, -0.05) is 12.1 Å². The molecule has 1 aliphatic rings. The first-order valence-corrected chi connectivity index (χ1v) is 8.13. The molecule has 0 unspecified atom stereocenters. The van der Waals surface area contributed by atoms with Gasteiger partial charge in [-0.05, 0) is 28.8 Å². The van der Waals surface area contributed by atoms with Gasteiger partial charge in [-0.3, -0.25) is 9.67 Å². The Morgan fingerprint density at radius 2 is 2.04 bits per heavy atom. The van der Waals surface area contributed by atoms with Gasteiger partial charge in [0.1, 0.15) is 0 Å². The summed E-state index contributed by atoms with van der Waals surface area (Å²) in [6.45, 7) is 0.759. The SMILES string of the molecule is Cn1ccc(Nc2cc(-c3ccc4c(c3)CN=C4)cn3ccnc23)n1. The zero-order valence-corrected chi connectivity index (χ0v) is 13.7. The van der Waals surface area contributed by atoms with E-state index in [1.807, 2.05) is 36.1 Å². The third-order valence-electron chi connectivity index (χ3n) is 4.43. The van der Waals surface area contributed by atoms with E-state index in [0.717, 1.165) is 29.3 Å². The first-order valence-electron chi connectivity index (χ1n) is 8.13. The summed E-state index contributed by atoms with van der Waals surface area (Å²) in [5, 5.41) is 7.78. The first kappa shape index (κ1) is 14.0. The van der Waals surface area contributed by atoms with Crippen LogP contribution < -0.4 is 5.32 Å². The molecule has 25 heavy (non-hydrogen) atoms. The molecule has 4 heterocycles. The minimum atomic E-state index is 0.759. The van der Waals surface area contributed by atoms with Crippen molar-refractivity contribution in [1.82, 2.24) is 19.2 Å². The number of hydrogen-bond acceptors (Lipinski definition) is 4. The summed E-state index contributed by atoms with van der Waals surface area (Å²) in [6, 6.07) is 10.5. The number of anilines is 2. The largest absolute Gasteiger partial charge is 0.336 e. The lowest BCUT2D eigenvalue weighted by molar-refractivity contribution is 0.771. The van der Waals surface area contributed by atoms with E-state index >= 15 is 0 Å². The lowest BCUT2D eigenvalue weighted by Crippen LogP contribution is -1.98. The van der Waals surface area contributed by atoms with Crippen LogP contribution in [-0.2, 0) is 13.6 Å². The second-order valence-electron chi connectivity index (χ2n) is 6.18. The van der Waals surface area contributed by atoms with E-state index < -0.39 is 0 Å². The number of hydrogen-bond donors (Lipinski definition) is 1. The van der Waals surface area contributed by atoms with Crippen LogP contribution in [0.1, 0.15) is 11.1 Å². The fourth-order valence-corrected chi connectivity index (χ4v) is 3.19. The van der Waals surface area contributed by atoms with Gasteiger partial charge in [0.15, 0.2) is 11.5 Å². The molecule has 0 fully saturated rings. The van der Waals surface area contributed by atoms with Crippen LogP contribution in [0, 0.1) is 0 Å². The van der Waals surface area contributed by atoms with Gasteiger partial charge in [0, 0.05) is 49.7 Å². The Morgan fingerprint density at radius 3 is 2.92 bits per heavy atom. The maximum Gasteiger partial charge on any atom is 0.160 e. The van der Waals surface area contributed by atoms with Crippen molar-refractivity contribution in [2.75, 3.05) is 5.32 Å². The smallest absolute Gasteiger partial charge is 0.160 e. The molecule has 1 aliphatic heterocycles. The minimum Gasteiger partial charge on any atom is -0.336 e. The van der Waals surface area contributed by atoms with Crippen molar-refractivity contribution in [3.8, 4) is 11.1 Å². The normalized spacial score (nSPS) is 12.7. The number of nitrogens with one attached hydrogen (secondary N) is 1. The Labute approximate surface area is 144 Å². The van der Waals surface area contributed by atoms with Crippen molar-refractivity contribution in [1.29, 1.82) is 0 Å². The molecule has 0 saturated carbocycles. The fraction of sp³-hybridized carbons (Fsp3) is 0.105. The Kier molecular flexibility index (Phi) is 2.97. The summed E-state index contributed by atoms with van der Waals surface area (Å²) in [5.41, 5.74) is 6.57. The predicted molar refractivity (Wildman–Crippen MR) is 98.4 cm³/mol. The molecule has 0 aliphatic carbocycles. The molecule has 122 valence electrons. The molecule has 4 aromatic rings. The molecule has 6 nitrogen and oxygen atoms in total. The predicted octanol–water partition coefficient (Wildman–Crippen LogP) is 3.41. The average Bonchev–Trinajstić information content (AvgIpc) is 3.34. The van der Waals surface area contributed by atoms with Crippen LogP contribution in [0.3, 0.4) is 0 Å². The molecule has 5 rings (SSSR count). The topological polar surface area (TPSA) is 59.5 Å². The second-order valence-corrected chi connectivity index (χ2v) is 6.18. The van der Waals surface area contributed by atoms with Crippen molar-refractivity contribution in [2.45, 2.75) is 6.54 Å². The molecular formula is C19H16N6. The van der Waals surface area contributed by atoms with Crippen LogP contribution >= 0.6 is 0 Å². The lowest BCUT2D eigenvalue weighted by atomic mass is 10.0. The molecule has 6 heteroatoms. The molecule has 0 amide bonds. The highest BCUT2D eigenvalue weighted by Crippen LogP contribution is 2.29. The maximum atomic E-state index is 4.46. The highest BCUT2D eigenvalue weighted by atomic mass is 15.3. The Hall–Kier alpha value is -3.41. The van der Waals surface area contributed by atoms with Gasteiger partial charge in [-0.2, -0.15) is 5.10 Å². The van der Waals surface area contributed by atoms with Crippen molar-refractivity contribution >= 4 is 23.4 Å². The van der Waals surface area contributed by atoms with E-state index in [4.69, 9.17) is 0 Å². The number of pyridine rings is 1. The third kappa shape index (κ3) is 2.39. The molecule has 3 aromatic heterocycles. The minimum absolute atomic E-state index is 0.759. The number of aliphatic imine (C=N–C) groups is 1. The number of fused-ring (bicyclic) bond motifs is 2. The molecule has 1 aromatic carbocycles. The van der Waals surface area contributed by atoms with Gasteiger partial charge in [0.05, 0.1) is 12.2 Å². The van der Waals surface area contributed by atoms with E-state index in [9.17, 15) is 0 Å². The van der Waals surface area contributed by atoms with E-state index in [-0.39, 0.29) is 0 Å². The maximum absolute atomic E-state index is 4.46. The number of benzene rings is 1. The molecule has 0 spiro atoms. The van der Waals surface area contributed by atoms with Crippen molar-refractivity contribution in [2.24, 2.45) is 12.0 Å². The summed E-state index contributed by atoms with van der Waals surface area (Å²) < 4.78 is 3.81. The van der Waals surface area contributed by atoms with E-state index in [1.165, 1.54) is 16.7 Å². The van der Waals surface area contributed by atoms with Gasteiger partial charge in [0.2, 0.25) is 0 Å². The zero-order chi connectivity index (χ0) is 16.8. The van der Waals surface area contributed by atoms with Crippen molar-refractivity contribution in [3.05, 3.63) is 66.2 Å². The molecule has 0 saturated heterocycles. The molecule has 0 radical (unpaired) electrons. The number of aryl methyl sites for hydroxylation is 1. The third-order valence-corrected chi connectivity index (χ3v) is 4.43. The average molecular weight is 328 g/mol. The van der Waals surface area contributed by atoms with Crippen LogP contribution in [0.2, 0.25) is 0 Å². The van der Waals surface area contributed by atoms with Crippen molar-refractivity contribution < 1.29 is 0 Å². The van der Waals surface area contributed by atoms with E-state index in [1.54, 1.807) is 10.9 Å². The van der Waals surface area contributed by atoms with Crippen LogP contribution in [0.5, 0.6) is 0 Å². The number of aromatic nitrogens is 4. The second kappa shape index (κ2) is 5.31. The lowest BCUT2D eigenvalue weighted by Gasteiger charge is -2.10. The molecule has 1 N–H and O–H groups in total. The highest BCUT2D eigenvalue weighted by molar-refractivity contribution is 5.86. The quantitative estimate of drug-likeness (QED) is 0.627. The number of imidazole rings is 1. The van der Waals surface area contributed by atoms with E-state index in [2.05, 4.69) is 50.9 Å². The van der Waals surface area contributed by atoms with E-state index in [0.29, 0.717) is 0 Å². The highest BCUT2D eigenvalue weighted by Gasteiger charge is 2.11. The van der Waals surface area contributed by atoms with Gasteiger partial charge in [-0.25, -0.2) is 4.98 Å². The molecular weight excluding hydrogens is 312 g/mol. The molecule has 0 bridgehead atoms. The summed E-state index contributed by atoms with van der Waals surface area (Å²) in [5.74, 6) is 0.798. The number of rotatable bonds is 3. The number of nitrogens with zero attached hydrogens (tertiary/aromatic N) is 5. The monoisotopic (exact) mass is 328 g/mol. The van der Waals surface area contributed by atoms with Gasteiger partial charge in [-0.15, -0.1) is 0 Å². The van der Waals surface area contributed by atoms with Crippen LogP contribution in [0.15, 0.2) is 60.1 Å². The van der Waals surface area contributed by atoms with Crippen molar-refractivity contribution in [3.63, 3.8) is 0 Å². The first-order chi connectivity index (χ1) is 12.3. The van der Waals surface area contributed by atoms with Crippen LogP contribution in [0.4, 0.5) is 11.5 Å². The Bertz CT molecular complexity index is 1120. The van der Waals surface area contributed by atoms with Crippen LogP contribution in [0.25, 0.3) is 16.8 Å². The fourth-order valence-electron chi connectivity index (χ4n) is 3.19. The van der Waals surface area contributed by atoms with Gasteiger partial charge < -0.3 is 9.72 Å². The summed E-state index contributed by atoms with van der Waals surface area (Å²) in [4.78, 5) is 8.80. The summed E-state index contributed by atoms with van der Waals surface area (Å²) in [7, 11) is 1.90. The van der Waals surface area contributed by atoms with Gasteiger partial charge in [0.25, 0.3) is 0 Å². The Balaban J connectivity index is 1.62. The molecule has 0 atom stereocenters.